The van der Waals surface area contributed by atoms with Gasteiger partial charge in [-0.3, -0.25) is 0 Å². The van der Waals surface area contributed by atoms with Crippen molar-refractivity contribution >= 4 is 7.85 Å². The number of hydrogen-bond acceptors (Lipinski definition) is 1. The monoisotopic (exact) mass is 580 g/mol. The molecule has 0 atom stereocenters. The van der Waals surface area contributed by atoms with Gasteiger partial charge in [0.2, 0.25) is 0 Å². The summed E-state index contributed by atoms with van der Waals surface area (Å²) in [5.41, 5.74) is 16.4. The SMILES string of the molecule is BC1(c2cc3c(cc2-c2cccc(C)c2Oc2ccccc2C)-c2ccccc2-c2ccccc2-c2ccccc2-3)CCCC1. The third kappa shape index (κ3) is 4.63. The summed E-state index contributed by atoms with van der Waals surface area (Å²) >= 11 is 0. The van der Waals surface area contributed by atoms with Crippen molar-refractivity contribution in [3.63, 3.8) is 0 Å². The Labute approximate surface area is 268 Å². The summed E-state index contributed by atoms with van der Waals surface area (Å²) in [5, 5.41) is 0.0861. The quantitative estimate of drug-likeness (QED) is 0.188. The van der Waals surface area contributed by atoms with Crippen molar-refractivity contribution in [2.45, 2.75) is 44.8 Å². The predicted octanol–water partition coefficient (Wildman–Crippen LogP) is 11.1. The first-order chi connectivity index (χ1) is 22.0. The average Bonchev–Trinajstić information content (AvgIpc) is 3.53. The second kappa shape index (κ2) is 11.0. The first-order valence-electron chi connectivity index (χ1n) is 16.3. The molecule has 0 heterocycles. The van der Waals surface area contributed by atoms with Crippen LogP contribution in [0, 0.1) is 13.8 Å². The number of para-hydroxylation sites is 2. The van der Waals surface area contributed by atoms with Crippen LogP contribution in [0.15, 0.2) is 127 Å². The zero-order valence-electron chi connectivity index (χ0n) is 26.4. The molecule has 1 fully saturated rings. The highest BCUT2D eigenvalue weighted by molar-refractivity contribution is 6.17. The average molecular weight is 581 g/mol. The van der Waals surface area contributed by atoms with Crippen LogP contribution in [0.2, 0.25) is 0 Å². The standard InChI is InChI=1S/C43H37BO/c1-28-14-3-10-23-41(28)45-42-29(2)15-13-22-36(42)39-26-37-34-20-8-6-18-32(34)30-16-4-5-17-31(30)33-19-7-9-21-35(33)38(37)27-40(39)43(44)24-11-12-25-43/h3-10,13-23,26-27H,11-12,24-25,44H2,1-2H3. The molecule has 0 amide bonds. The molecule has 2 heteroatoms. The molecule has 0 bridgehead atoms. The van der Waals surface area contributed by atoms with E-state index in [2.05, 4.69) is 149 Å². The van der Waals surface area contributed by atoms with Crippen LogP contribution in [0.4, 0.5) is 0 Å². The van der Waals surface area contributed by atoms with Crippen LogP contribution < -0.4 is 4.74 Å². The molecular formula is C43H37BO. The van der Waals surface area contributed by atoms with Crippen LogP contribution in [0.25, 0.3) is 55.6 Å². The fourth-order valence-electron chi connectivity index (χ4n) is 7.83. The van der Waals surface area contributed by atoms with E-state index in [-0.39, 0.29) is 5.31 Å². The maximum atomic E-state index is 6.84. The highest BCUT2D eigenvalue weighted by atomic mass is 16.5. The lowest BCUT2D eigenvalue weighted by Gasteiger charge is -2.31. The highest BCUT2D eigenvalue weighted by Crippen LogP contribution is 2.53. The number of fused-ring (bicyclic) bond motifs is 8. The van der Waals surface area contributed by atoms with Gasteiger partial charge in [-0.25, -0.2) is 0 Å². The van der Waals surface area contributed by atoms with Gasteiger partial charge in [0.25, 0.3) is 0 Å². The van der Waals surface area contributed by atoms with Gasteiger partial charge in [0.1, 0.15) is 19.3 Å². The van der Waals surface area contributed by atoms with Crippen molar-refractivity contribution in [2.24, 2.45) is 0 Å². The first kappa shape index (κ1) is 27.7. The van der Waals surface area contributed by atoms with Gasteiger partial charge in [0.05, 0.1) is 0 Å². The second-order valence-corrected chi connectivity index (χ2v) is 13.2. The molecule has 0 N–H and O–H groups in total. The van der Waals surface area contributed by atoms with Gasteiger partial charge in [-0.15, -0.1) is 0 Å². The molecule has 6 aromatic carbocycles. The molecule has 1 saturated carbocycles. The van der Waals surface area contributed by atoms with Crippen molar-refractivity contribution in [3.8, 4) is 67.1 Å². The van der Waals surface area contributed by atoms with Crippen molar-refractivity contribution in [1.29, 1.82) is 0 Å². The molecule has 218 valence electrons. The van der Waals surface area contributed by atoms with Gasteiger partial charge in [-0.1, -0.05) is 141 Å². The fraction of sp³-hybridized carbons (Fsp3) is 0.163. The summed E-state index contributed by atoms with van der Waals surface area (Å²) in [6.45, 7) is 4.29. The van der Waals surface area contributed by atoms with Crippen molar-refractivity contribution in [3.05, 3.63) is 144 Å². The Bertz CT molecular complexity index is 2080. The van der Waals surface area contributed by atoms with Crippen LogP contribution in [0.5, 0.6) is 11.5 Å². The molecule has 0 unspecified atom stereocenters. The Kier molecular flexibility index (Phi) is 6.75. The molecule has 2 aliphatic carbocycles. The summed E-state index contributed by atoms with van der Waals surface area (Å²) in [6.07, 6.45) is 4.92. The predicted molar refractivity (Wildman–Crippen MR) is 192 cm³/mol. The normalized spacial score (nSPS) is 14.4. The van der Waals surface area contributed by atoms with Gasteiger partial charge in [-0.2, -0.15) is 0 Å². The number of rotatable bonds is 4. The summed E-state index contributed by atoms with van der Waals surface area (Å²) in [7, 11) is 2.49. The van der Waals surface area contributed by atoms with E-state index in [4.69, 9.17) is 4.74 Å². The zero-order valence-corrected chi connectivity index (χ0v) is 26.4. The lowest BCUT2D eigenvalue weighted by molar-refractivity contribution is 0.477. The number of aryl methyl sites for hydroxylation is 2. The van der Waals surface area contributed by atoms with E-state index in [0.717, 1.165) is 28.2 Å². The lowest BCUT2D eigenvalue weighted by atomic mass is 9.60. The second-order valence-electron chi connectivity index (χ2n) is 13.2. The lowest BCUT2D eigenvalue weighted by Crippen LogP contribution is -2.23. The number of ether oxygens (including phenoxy) is 1. The van der Waals surface area contributed by atoms with Gasteiger partial charge in [0.15, 0.2) is 0 Å². The molecule has 0 saturated heterocycles. The van der Waals surface area contributed by atoms with Gasteiger partial charge in [-0.05, 0) is 98.1 Å². The minimum absolute atomic E-state index is 0.0861. The molecule has 2 aliphatic rings. The smallest absolute Gasteiger partial charge is 0.138 e. The Morgan fingerprint density at radius 1 is 0.467 bits per heavy atom. The third-order valence-corrected chi connectivity index (χ3v) is 10.3. The zero-order chi connectivity index (χ0) is 30.5. The van der Waals surface area contributed by atoms with E-state index in [1.54, 1.807) is 0 Å². The number of benzene rings is 6. The van der Waals surface area contributed by atoms with Gasteiger partial charge in [0, 0.05) is 5.56 Å². The number of hydrogen-bond donors (Lipinski definition) is 0. The maximum Gasteiger partial charge on any atom is 0.138 e. The minimum atomic E-state index is 0.0861. The highest BCUT2D eigenvalue weighted by Gasteiger charge is 2.35. The Morgan fingerprint density at radius 3 is 1.47 bits per heavy atom. The van der Waals surface area contributed by atoms with Crippen LogP contribution in [-0.4, -0.2) is 7.85 Å². The topological polar surface area (TPSA) is 9.23 Å². The van der Waals surface area contributed by atoms with E-state index in [0.29, 0.717) is 0 Å². The Hall–Kier alpha value is -4.82. The Balaban J connectivity index is 1.47. The summed E-state index contributed by atoms with van der Waals surface area (Å²) in [6, 6.07) is 46.8. The molecule has 0 spiro atoms. The molecule has 6 aromatic rings. The molecule has 45 heavy (non-hydrogen) atoms. The van der Waals surface area contributed by atoms with E-state index in [9.17, 15) is 0 Å². The summed E-state index contributed by atoms with van der Waals surface area (Å²) in [5.74, 6) is 1.85. The molecule has 1 nitrogen and oxygen atoms in total. The maximum absolute atomic E-state index is 6.84. The van der Waals surface area contributed by atoms with E-state index < -0.39 is 0 Å². The van der Waals surface area contributed by atoms with Gasteiger partial charge >= 0.3 is 0 Å². The van der Waals surface area contributed by atoms with Crippen molar-refractivity contribution in [1.82, 2.24) is 0 Å². The van der Waals surface area contributed by atoms with Crippen LogP contribution >= 0.6 is 0 Å². The van der Waals surface area contributed by atoms with Crippen LogP contribution in [0.3, 0.4) is 0 Å². The molecule has 0 radical (unpaired) electrons. The van der Waals surface area contributed by atoms with E-state index >= 15 is 0 Å². The Morgan fingerprint density at radius 2 is 0.911 bits per heavy atom. The van der Waals surface area contributed by atoms with Gasteiger partial charge < -0.3 is 4.74 Å². The molecule has 0 aliphatic heterocycles. The fourth-order valence-corrected chi connectivity index (χ4v) is 7.83. The van der Waals surface area contributed by atoms with Crippen molar-refractivity contribution in [2.75, 3.05) is 0 Å². The largest absolute Gasteiger partial charge is 0.456 e. The van der Waals surface area contributed by atoms with Crippen LogP contribution in [0.1, 0.15) is 42.4 Å². The van der Waals surface area contributed by atoms with E-state index in [1.807, 2.05) is 0 Å². The van der Waals surface area contributed by atoms with E-state index in [1.165, 1.54) is 81.3 Å². The molecular weight excluding hydrogens is 543 g/mol. The summed E-state index contributed by atoms with van der Waals surface area (Å²) in [4.78, 5) is 0. The first-order valence-corrected chi connectivity index (χ1v) is 16.3. The summed E-state index contributed by atoms with van der Waals surface area (Å²) < 4.78 is 6.84. The third-order valence-electron chi connectivity index (χ3n) is 10.3. The van der Waals surface area contributed by atoms with Crippen LogP contribution in [-0.2, 0) is 5.31 Å². The minimum Gasteiger partial charge on any atom is -0.456 e. The van der Waals surface area contributed by atoms with Crippen molar-refractivity contribution < 1.29 is 4.74 Å². The molecule has 8 rings (SSSR count). The molecule has 0 aromatic heterocycles.